The maximum atomic E-state index is 11.9. The van der Waals surface area contributed by atoms with Crippen LogP contribution in [0.15, 0.2) is 0 Å². The lowest BCUT2D eigenvalue weighted by atomic mass is 10.0. The minimum Gasteiger partial charge on any atom is -0.352 e. The Morgan fingerprint density at radius 1 is 1.25 bits per heavy atom. The monoisotopic (exact) mass is 226 g/mol. The molecule has 0 aromatic heterocycles. The van der Waals surface area contributed by atoms with Gasteiger partial charge in [0.05, 0.1) is 0 Å². The molecule has 4 heteroatoms. The van der Waals surface area contributed by atoms with Gasteiger partial charge in [0.25, 0.3) is 0 Å². The number of rotatable bonds is 5. The molecule has 1 rings (SSSR count). The Labute approximate surface area is 97.2 Å². The molecule has 4 nitrogen and oxygen atoms in total. The van der Waals surface area contributed by atoms with Gasteiger partial charge in [-0.3, -0.25) is 9.59 Å². The molecule has 0 unspecified atom stereocenters. The predicted octanol–water partition coefficient (Wildman–Crippen LogP) is 1.21. The second-order valence-electron chi connectivity index (χ2n) is 5.27. The third-order valence-electron chi connectivity index (χ3n) is 2.80. The summed E-state index contributed by atoms with van der Waals surface area (Å²) >= 11 is 0. The minimum absolute atomic E-state index is 0.0316. The molecule has 0 heterocycles. The van der Waals surface area contributed by atoms with Gasteiger partial charge in [-0.1, -0.05) is 13.8 Å². The normalized spacial score (nSPS) is 19.1. The van der Waals surface area contributed by atoms with Crippen molar-refractivity contribution < 1.29 is 9.59 Å². The van der Waals surface area contributed by atoms with Crippen LogP contribution in [-0.2, 0) is 9.59 Å². The van der Waals surface area contributed by atoms with Crippen molar-refractivity contribution in [2.45, 2.75) is 58.5 Å². The zero-order valence-electron chi connectivity index (χ0n) is 10.6. The van der Waals surface area contributed by atoms with E-state index in [0.717, 1.165) is 19.3 Å². The molecule has 0 bridgehead atoms. The van der Waals surface area contributed by atoms with Crippen molar-refractivity contribution in [2.75, 3.05) is 0 Å². The second kappa shape index (κ2) is 4.85. The molecule has 0 aromatic rings. The molecule has 1 saturated carbocycles. The maximum Gasteiger partial charge on any atom is 0.245 e. The molecule has 16 heavy (non-hydrogen) atoms. The molecular formula is C12H22N2O2. The van der Waals surface area contributed by atoms with Gasteiger partial charge in [0, 0.05) is 13.0 Å². The summed E-state index contributed by atoms with van der Waals surface area (Å²) in [5.74, 6) is 0.395. The molecule has 0 aliphatic heterocycles. The fraction of sp³-hybridized carbons (Fsp3) is 0.833. The lowest BCUT2D eigenvalue weighted by Crippen LogP contribution is -2.50. The van der Waals surface area contributed by atoms with Gasteiger partial charge in [-0.25, -0.2) is 0 Å². The second-order valence-corrected chi connectivity index (χ2v) is 5.27. The summed E-state index contributed by atoms with van der Waals surface area (Å²) in [5, 5.41) is 5.70. The van der Waals surface area contributed by atoms with Gasteiger partial charge in [-0.2, -0.15) is 0 Å². The van der Waals surface area contributed by atoms with E-state index >= 15 is 0 Å². The van der Waals surface area contributed by atoms with E-state index in [4.69, 9.17) is 0 Å². The highest BCUT2D eigenvalue weighted by molar-refractivity contribution is 5.93. The molecule has 0 aromatic carbocycles. The summed E-state index contributed by atoms with van der Waals surface area (Å²) < 4.78 is 0. The number of nitrogens with one attached hydrogen (secondary N) is 2. The van der Waals surface area contributed by atoms with Crippen LogP contribution in [0.3, 0.4) is 0 Å². The summed E-state index contributed by atoms with van der Waals surface area (Å²) in [5.41, 5.74) is -0.600. The average molecular weight is 226 g/mol. The average Bonchev–Trinajstić information content (AvgIpc) is 2.82. The lowest BCUT2D eigenvalue weighted by molar-refractivity contribution is -0.129. The van der Waals surface area contributed by atoms with E-state index in [2.05, 4.69) is 24.5 Å². The zero-order valence-corrected chi connectivity index (χ0v) is 10.6. The van der Waals surface area contributed by atoms with Gasteiger partial charge in [0.15, 0.2) is 0 Å². The molecule has 92 valence electrons. The van der Waals surface area contributed by atoms with Crippen LogP contribution < -0.4 is 10.6 Å². The first-order valence-electron chi connectivity index (χ1n) is 5.95. The molecule has 1 aliphatic rings. The fourth-order valence-corrected chi connectivity index (χ4v) is 2.00. The van der Waals surface area contributed by atoms with Gasteiger partial charge in [0.2, 0.25) is 11.8 Å². The van der Waals surface area contributed by atoms with Gasteiger partial charge >= 0.3 is 0 Å². The molecule has 2 N–H and O–H groups in total. The lowest BCUT2D eigenvalue weighted by Gasteiger charge is -2.21. The highest BCUT2D eigenvalue weighted by Crippen LogP contribution is 2.35. The van der Waals surface area contributed by atoms with Gasteiger partial charge in [0.1, 0.15) is 5.54 Å². The van der Waals surface area contributed by atoms with Crippen LogP contribution in [0.25, 0.3) is 0 Å². The zero-order chi connectivity index (χ0) is 12.3. The molecule has 1 atom stereocenters. The Bertz CT molecular complexity index is 283. The summed E-state index contributed by atoms with van der Waals surface area (Å²) in [6.07, 6.45) is 2.47. The van der Waals surface area contributed by atoms with E-state index in [-0.39, 0.29) is 17.9 Å². The van der Waals surface area contributed by atoms with E-state index < -0.39 is 5.54 Å². The first kappa shape index (κ1) is 13.0. The van der Waals surface area contributed by atoms with Gasteiger partial charge < -0.3 is 10.6 Å². The smallest absolute Gasteiger partial charge is 0.245 e. The van der Waals surface area contributed by atoms with E-state index in [1.807, 2.05) is 6.92 Å². The number of hydrogen-bond donors (Lipinski definition) is 2. The van der Waals surface area contributed by atoms with Crippen LogP contribution in [0.2, 0.25) is 0 Å². The number of carbonyl (C=O) groups is 2. The standard InChI is InChI=1S/C12H22N2O2/c1-8(2)7-9(3)13-11(16)12(5-6-12)14-10(4)15/h8-9H,5-7H2,1-4H3,(H,13,16)(H,14,15)/t9-/m1/s1. The topological polar surface area (TPSA) is 58.2 Å². The van der Waals surface area contributed by atoms with Crippen LogP contribution in [0.4, 0.5) is 0 Å². The Hall–Kier alpha value is -1.06. The molecule has 0 radical (unpaired) electrons. The number of amides is 2. The largest absolute Gasteiger partial charge is 0.352 e. The fourth-order valence-electron chi connectivity index (χ4n) is 2.00. The highest BCUT2D eigenvalue weighted by Gasteiger charge is 2.50. The van der Waals surface area contributed by atoms with E-state index in [9.17, 15) is 9.59 Å². The van der Waals surface area contributed by atoms with Gasteiger partial charge in [-0.15, -0.1) is 0 Å². The van der Waals surface area contributed by atoms with Crippen molar-refractivity contribution in [2.24, 2.45) is 5.92 Å². The Morgan fingerprint density at radius 2 is 1.81 bits per heavy atom. The van der Waals surface area contributed by atoms with Crippen molar-refractivity contribution >= 4 is 11.8 Å². The summed E-state index contributed by atoms with van der Waals surface area (Å²) in [4.78, 5) is 22.9. The quantitative estimate of drug-likeness (QED) is 0.740. The maximum absolute atomic E-state index is 11.9. The van der Waals surface area contributed by atoms with Crippen molar-refractivity contribution in [3.63, 3.8) is 0 Å². The van der Waals surface area contributed by atoms with Crippen LogP contribution in [-0.4, -0.2) is 23.4 Å². The predicted molar refractivity (Wildman–Crippen MR) is 62.8 cm³/mol. The van der Waals surface area contributed by atoms with Crippen LogP contribution in [0, 0.1) is 5.92 Å². The van der Waals surface area contributed by atoms with Gasteiger partial charge in [-0.05, 0) is 32.1 Å². The van der Waals surface area contributed by atoms with Crippen molar-refractivity contribution in [1.82, 2.24) is 10.6 Å². The number of carbonyl (C=O) groups excluding carboxylic acids is 2. The molecule has 0 saturated heterocycles. The summed E-state index contributed by atoms with van der Waals surface area (Å²) in [6.45, 7) is 7.71. The molecule has 2 amide bonds. The first-order chi connectivity index (χ1) is 7.35. The molecule has 1 aliphatic carbocycles. The third kappa shape index (κ3) is 3.51. The molecular weight excluding hydrogens is 204 g/mol. The SMILES string of the molecule is CC(=O)NC1(C(=O)N[C@H](C)CC(C)C)CC1. The third-order valence-corrected chi connectivity index (χ3v) is 2.80. The minimum atomic E-state index is -0.600. The van der Waals surface area contributed by atoms with Crippen molar-refractivity contribution in [3.05, 3.63) is 0 Å². The summed E-state index contributed by atoms with van der Waals surface area (Å²) in [7, 11) is 0. The van der Waals surface area contributed by atoms with Crippen LogP contribution >= 0.6 is 0 Å². The van der Waals surface area contributed by atoms with Crippen LogP contribution in [0.1, 0.15) is 47.0 Å². The Kier molecular flexibility index (Phi) is 3.94. The Morgan fingerprint density at radius 3 is 2.19 bits per heavy atom. The van der Waals surface area contributed by atoms with E-state index in [1.54, 1.807) is 0 Å². The van der Waals surface area contributed by atoms with E-state index in [0.29, 0.717) is 5.92 Å². The molecule has 1 fully saturated rings. The van der Waals surface area contributed by atoms with Crippen molar-refractivity contribution in [3.8, 4) is 0 Å². The highest BCUT2D eigenvalue weighted by atomic mass is 16.2. The summed E-state index contributed by atoms with van der Waals surface area (Å²) in [6, 6.07) is 0.165. The Balaban J connectivity index is 2.43. The van der Waals surface area contributed by atoms with Crippen LogP contribution in [0.5, 0.6) is 0 Å². The molecule has 0 spiro atoms. The first-order valence-corrected chi connectivity index (χ1v) is 5.95. The van der Waals surface area contributed by atoms with E-state index in [1.165, 1.54) is 6.92 Å². The van der Waals surface area contributed by atoms with Crippen molar-refractivity contribution in [1.29, 1.82) is 0 Å². The number of hydrogen-bond acceptors (Lipinski definition) is 2.